The molecule has 0 amide bonds. The minimum Gasteiger partial charge on any atom is -0.309 e. The molecule has 1 atom stereocenters. The van der Waals surface area contributed by atoms with Crippen LogP contribution >= 0.6 is 11.7 Å². The van der Waals surface area contributed by atoms with Crippen LogP contribution in [0.5, 0.6) is 0 Å². The summed E-state index contributed by atoms with van der Waals surface area (Å²) >= 11 is 1.32. The summed E-state index contributed by atoms with van der Waals surface area (Å²) in [6.45, 7) is 5.55. The molecule has 1 rings (SSSR count). The van der Waals surface area contributed by atoms with Gasteiger partial charge in [-0.25, -0.2) is 0 Å². The van der Waals surface area contributed by atoms with Gasteiger partial charge in [-0.2, -0.15) is 8.75 Å². The Balaban J connectivity index is 2.10. The maximum Gasteiger partial charge on any atom is 0.0912 e. The molecule has 0 aromatic carbocycles. The molecule has 3 nitrogen and oxygen atoms in total. The molecule has 1 unspecified atom stereocenters. The Bertz CT molecular complexity index is 301. The average Bonchev–Trinajstić information content (AvgIpc) is 2.99. The number of hydrogen-bond donors (Lipinski definition) is 1. The van der Waals surface area contributed by atoms with Crippen LogP contribution < -0.4 is 5.32 Å². The molecule has 1 aromatic heterocycles. The van der Waals surface area contributed by atoms with E-state index in [2.05, 4.69) is 27.9 Å². The summed E-state index contributed by atoms with van der Waals surface area (Å²) in [7, 11) is 0. The van der Waals surface area contributed by atoms with Crippen molar-refractivity contribution in [3.05, 3.63) is 11.9 Å². The fourth-order valence-corrected chi connectivity index (χ4v) is 2.95. The Morgan fingerprint density at radius 3 is 2.30 bits per heavy atom. The molecule has 4 heteroatoms. The second kappa shape index (κ2) is 12.3. The molecule has 116 valence electrons. The molecular weight excluding hydrogens is 266 g/mol. The zero-order chi connectivity index (χ0) is 14.5. The predicted octanol–water partition coefficient (Wildman–Crippen LogP) is 5.11. The standard InChI is InChI=1S/C16H31N3S/c1-3-5-6-7-8-9-10-11-12-15(17-13-4-2)16-14-18-20-19-16/h14-15,17H,3-13H2,1-2H3. The summed E-state index contributed by atoms with van der Waals surface area (Å²) < 4.78 is 8.51. The summed E-state index contributed by atoms with van der Waals surface area (Å²) in [5.74, 6) is 0. The monoisotopic (exact) mass is 297 g/mol. The van der Waals surface area contributed by atoms with Crippen molar-refractivity contribution in [1.82, 2.24) is 14.1 Å². The summed E-state index contributed by atoms with van der Waals surface area (Å²) in [6.07, 6.45) is 15.3. The van der Waals surface area contributed by atoms with Crippen LogP contribution in [0.25, 0.3) is 0 Å². The van der Waals surface area contributed by atoms with Gasteiger partial charge in [-0.15, -0.1) is 0 Å². The molecule has 0 radical (unpaired) electrons. The van der Waals surface area contributed by atoms with E-state index in [1.807, 2.05) is 6.20 Å². The van der Waals surface area contributed by atoms with E-state index in [9.17, 15) is 0 Å². The molecule has 0 aliphatic rings. The third kappa shape index (κ3) is 7.95. The molecule has 0 saturated carbocycles. The van der Waals surface area contributed by atoms with Crippen LogP contribution in [0.4, 0.5) is 0 Å². The highest BCUT2D eigenvalue weighted by Crippen LogP contribution is 2.19. The largest absolute Gasteiger partial charge is 0.309 e. The molecular formula is C16H31N3S. The van der Waals surface area contributed by atoms with E-state index in [0.29, 0.717) is 6.04 Å². The summed E-state index contributed by atoms with van der Waals surface area (Å²) in [5.41, 5.74) is 1.13. The number of unbranched alkanes of at least 4 members (excludes halogenated alkanes) is 7. The normalized spacial score (nSPS) is 12.7. The fourth-order valence-electron chi connectivity index (χ4n) is 2.48. The van der Waals surface area contributed by atoms with Crippen molar-refractivity contribution in [3.63, 3.8) is 0 Å². The summed E-state index contributed by atoms with van der Waals surface area (Å²) in [5, 5.41) is 3.59. The van der Waals surface area contributed by atoms with Crippen LogP contribution in [-0.2, 0) is 0 Å². The molecule has 0 saturated heterocycles. The van der Waals surface area contributed by atoms with Gasteiger partial charge in [-0.1, -0.05) is 65.2 Å². The van der Waals surface area contributed by atoms with Crippen molar-refractivity contribution in [2.75, 3.05) is 6.54 Å². The average molecular weight is 298 g/mol. The first-order valence-electron chi connectivity index (χ1n) is 8.39. The van der Waals surface area contributed by atoms with E-state index < -0.39 is 0 Å². The lowest BCUT2D eigenvalue weighted by molar-refractivity contribution is 0.459. The van der Waals surface area contributed by atoms with Crippen molar-refractivity contribution < 1.29 is 0 Å². The Kier molecular flexibility index (Phi) is 10.8. The Morgan fingerprint density at radius 1 is 1.00 bits per heavy atom. The van der Waals surface area contributed by atoms with Crippen LogP contribution in [0.1, 0.15) is 89.8 Å². The van der Waals surface area contributed by atoms with E-state index in [1.54, 1.807) is 0 Å². The van der Waals surface area contributed by atoms with Gasteiger partial charge in [0.05, 0.1) is 29.7 Å². The van der Waals surface area contributed by atoms with Crippen LogP contribution in [0, 0.1) is 0 Å². The lowest BCUT2D eigenvalue weighted by Gasteiger charge is -2.15. The van der Waals surface area contributed by atoms with Crippen molar-refractivity contribution in [2.45, 2.75) is 84.1 Å². The molecule has 1 heterocycles. The maximum atomic E-state index is 4.39. The minimum atomic E-state index is 0.411. The number of aromatic nitrogens is 2. The zero-order valence-corrected chi connectivity index (χ0v) is 14.1. The van der Waals surface area contributed by atoms with Crippen molar-refractivity contribution >= 4 is 11.7 Å². The Labute approximate surface area is 128 Å². The third-order valence-corrected chi connectivity index (χ3v) is 4.21. The second-order valence-corrected chi connectivity index (χ2v) is 6.16. The lowest BCUT2D eigenvalue weighted by Crippen LogP contribution is -2.22. The lowest BCUT2D eigenvalue weighted by atomic mass is 10.0. The molecule has 0 aliphatic carbocycles. The van der Waals surface area contributed by atoms with Gasteiger partial charge in [0.15, 0.2) is 0 Å². The van der Waals surface area contributed by atoms with Crippen molar-refractivity contribution in [2.24, 2.45) is 0 Å². The molecule has 1 N–H and O–H groups in total. The van der Waals surface area contributed by atoms with Crippen LogP contribution in [0.3, 0.4) is 0 Å². The molecule has 0 aliphatic heterocycles. The van der Waals surface area contributed by atoms with Gasteiger partial charge in [0, 0.05) is 0 Å². The Hall–Kier alpha value is -0.480. The first kappa shape index (κ1) is 17.6. The topological polar surface area (TPSA) is 37.8 Å². The highest BCUT2D eigenvalue weighted by molar-refractivity contribution is 6.99. The SMILES string of the molecule is CCCCCCCCCCC(NCCC)c1cnsn1. The number of hydrogen-bond acceptors (Lipinski definition) is 4. The summed E-state index contributed by atoms with van der Waals surface area (Å²) in [6, 6.07) is 0.411. The van der Waals surface area contributed by atoms with E-state index in [1.165, 1.54) is 75.9 Å². The Morgan fingerprint density at radius 2 is 1.70 bits per heavy atom. The van der Waals surface area contributed by atoms with E-state index >= 15 is 0 Å². The highest BCUT2D eigenvalue weighted by Gasteiger charge is 2.12. The molecule has 0 fully saturated rings. The molecule has 0 bridgehead atoms. The van der Waals surface area contributed by atoms with Gasteiger partial charge in [-0.05, 0) is 19.4 Å². The van der Waals surface area contributed by atoms with Gasteiger partial charge < -0.3 is 5.32 Å². The van der Waals surface area contributed by atoms with E-state index in [4.69, 9.17) is 0 Å². The zero-order valence-electron chi connectivity index (χ0n) is 13.2. The first-order chi connectivity index (χ1) is 9.88. The molecule has 20 heavy (non-hydrogen) atoms. The van der Waals surface area contributed by atoms with Gasteiger partial charge in [0.1, 0.15) is 0 Å². The van der Waals surface area contributed by atoms with E-state index in [0.717, 1.165) is 12.2 Å². The van der Waals surface area contributed by atoms with Crippen molar-refractivity contribution in [1.29, 1.82) is 0 Å². The van der Waals surface area contributed by atoms with Gasteiger partial charge in [-0.3, -0.25) is 0 Å². The number of rotatable bonds is 13. The van der Waals surface area contributed by atoms with Gasteiger partial charge in [0.2, 0.25) is 0 Å². The van der Waals surface area contributed by atoms with Crippen molar-refractivity contribution in [3.8, 4) is 0 Å². The minimum absolute atomic E-state index is 0.411. The quantitative estimate of drug-likeness (QED) is 0.514. The van der Waals surface area contributed by atoms with Gasteiger partial charge >= 0.3 is 0 Å². The summed E-state index contributed by atoms with van der Waals surface area (Å²) in [4.78, 5) is 0. The number of nitrogens with one attached hydrogen (secondary N) is 1. The highest BCUT2D eigenvalue weighted by atomic mass is 32.1. The number of nitrogens with zero attached hydrogens (tertiary/aromatic N) is 2. The fraction of sp³-hybridized carbons (Fsp3) is 0.875. The van der Waals surface area contributed by atoms with Gasteiger partial charge in [0.25, 0.3) is 0 Å². The van der Waals surface area contributed by atoms with Crippen LogP contribution in [0.15, 0.2) is 6.20 Å². The van der Waals surface area contributed by atoms with Crippen LogP contribution in [-0.4, -0.2) is 15.3 Å². The second-order valence-electron chi connectivity index (χ2n) is 5.60. The molecule has 1 aromatic rings. The first-order valence-corrected chi connectivity index (χ1v) is 9.12. The predicted molar refractivity (Wildman–Crippen MR) is 88.2 cm³/mol. The third-order valence-electron chi connectivity index (χ3n) is 3.72. The van der Waals surface area contributed by atoms with E-state index in [-0.39, 0.29) is 0 Å². The maximum absolute atomic E-state index is 4.39. The molecule has 0 spiro atoms. The van der Waals surface area contributed by atoms with Crippen LogP contribution in [0.2, 0.25) is 0 Å². The smallest absolute Gasteiger partial charge is 0.0912 e.